The smallest absolute Gasteiger partial charge is 0.264 e. The Bertz CT molecular complexity index is 1230. The van der Waals surface area contributed by atoms with Crippen LogP contribution in [0, 0.1) is 18.3 Å². The topological polar surface area (TPSA) is 81.5 Å². The summed E-state index contributed by atoms with van der Waals surface area (Å²) in [6.45, 7) is 2.25. The molecule has 158 valence electrons. The average Bonchev–Trinajstić information content (AvgIpc) is 2.78. The highest BCUT2D eigenvalue weighted by molar-refractivity contribution is 7.92. The Hall–Kier alpha value is -3.63. The second kappa shape index (κ2) is 9.02. The third-order valence-electron chi connectivity index (χ3n) is 4.98. The molecule has 0 atom stereocenters. The molecule has 0 saturated heterocycles. The molecular formula is C24H23N3O3S. The predicted octanol–water partition coefficient (Wildman–Crippen LogP) is 3.96. The normalized spacial score (nSPS) is 10.9. The van der Waals surface area contributed by atoms with Crippen molar-refractivity contribution in [1.82, 2.24) is 4.90 Å². The second-order valence-corrected chi connectivity index (χ2v) is 9.28. The van der Waals surface area contributed by atoms with Gasteiger partial charge >= 0.3 is 0 Å². The van der Waals surface area contributed by atoms with Gasteiger partial charge in [-0.05, 0) is 61.0 Å². The minimum atomic E-state index is -3.69. The van der Waals surface area contributed by atoms with Gasteiger partial charge in [-0.3, -0.25) is 9.10 Å². The highest BCUT2D eigenvalue weighted by Gasteiger charge is 2.21. The zero-order valence-corrected chi connectivity index (χ0v) is 18.4. The van der Waals surface area contributed by atoms with Gasteiger partial charge in [0.25, 0.3) is 15.9 Å². The molecule has 0 radical (unpaired) electrons. The van der Waals surface area contributed by atoms with Crippen LogP contribution in [0.2, 0.25) is 0 Å². The predicted molar refractivity (Wildman–Crippen MR) is 120 cm³/mol. The quantitative estimate of drug-likeness (QED) is 0.589. The van der Waals surface area contributed by atoms with Crippen LogP contribution >= 0.6 is 0 Å². The molecule has 0 aliphatic rings. The van der Waals surface area contributed by atoms with Crippen molar-refractivity contribution in [2.45, 2.75) is 18.4 Å². The summed E-state index contributed by atoms with van der Waals surface area (Å²) in [5, 5.41) is 9.02. The molecule has 0 spiro atoms. The summed E-state index contributed by atoms with van der Waals surface area (Å²) in [5.74, 6) is -0.196. The molecule has 0 aliphatic heterocycles. The molecule has 1 amide bonds. The zero-order valence-electron chi connectivity index (χ0n) is 17.6. The lowest BCUT2D eigenvalue weighted by molar-refractivity contribution is 0.0785. The number of hydrogen-bond donors (Lipinski definition) is 0. The van der Waals surface area contributed by atoms with E-state index in [1.54, 1.807) is 78.7 Å². The number of rotatable bonds is 6. The van der Waals surface area contributed by atoms with Gasteiger partial charge in [0.15, 0.2) is 0 Å². The fourth-order valence-electron chi connectivity index (χ4n) is 3.13. The maximum atomic E-state index is 12.9. The molecule has 0 N–H and O–H groups in total. The Balaban J connectivity index is 1.74. The molecule has 0 bridgehead atoms. The third kappa shape index (κ3) is 4.93. The number of aryl methyl sites for hydroxylation is 1. The van der Waals surface area contributed by atoms with Crippen molar-refractivity contribution in [2.75, 3.05) is 18.4 Å². The molecule has 0 aromatic heterocycles. The number of hydrogen-bond acceptors (Lipinski definition) is 4. The first-order chi connectivity index (χ1) is 14.7. The Morgan fingerprint density at radius 3 is 2.23 bits per heavy atom. The van der Waals surface area contributed by atoms with Gasteiger partial charge in [-0.25, -0.2) is 8.42 Å². The first-order valence-electron chi connectivity index (χ1n) is 9.62. The van der Waals surface area contributed by atoms with Gasteiger partial charge in [0.2, 0.25) is 0 Å². The van der Waals surface area contributed by atoms with E-state index in [0.717, 1.165) is 11.1 Å². The SMILES string of the molecule is Cc1ccc(S(=O)(=O)N(C)c2ccc(C(=O)N(C)Cc3cccc(C#N)c3)cc2)cc1. The number of carbonyl (C=O) groups is 1. The number of nitrogens with zero attached hydrogens (tertiary/aromatic N) is 3. The number of carbonyl (C=O) groups excluding carboxylic acids is 1. The van der Waals surface area contributed by atoms with Crippen LogP contribution in [0.5, 0.6) is 0 Å². The van der Waals surface area contributed by atoms with Crippen LogP contribution < -0.4 is 4.31 Å². The Morgan fingerprint density at radius 1 is 0.968 bits per heavy atom. The minimum Gasteiger partial charge on any atom is -0.337 e. The Morgan fingerprint density at radius 2 is 1.61 bits per heavy atom. The lowest BCUT2D eigenvalue weighted by Crippen LogP contribution is -2.27. The van der Waals surface area contributed by atoms with Crippen LogP contribution in [0.4, 0.5) is 5.69 Å². The second-order valence-electron chi connectivity index (χ2n) is 7.31. The minimum absolute atomic E-state index is 0.196. The first kappa shape index (κ1) is 22.1. The third-order valence-corrected chi connectivity index (χ3v) is 6.78. The van der Waals surface area contributed by atoms with Gasteiger partial charge in [-0.1, -0.05) is 29.8 Å². The monoisotopic (exact) mass is 433 g/mol. The highest BCUT2D eigenvalue weighted by atomic mass is 32.2. The van der Waals surface area contributed by atoms with E-state index < -0.39 is 10.0 Å². The number of benzene rings is 3. The van der Waals surface area contributed by atoms with Crippen molar-refractivity contribution in [3.8, 4) is 6.07 Å². The number of anilines is 1. The van der Waals surface area contributed by atoms with Gasteiger partial charge in [0, 0.05) is 26.2 Å². The molecular weight excluding hydrogens is 410 g/mol. The first-order valence-corrected chi connectivity index (χ1v) is 11.1. The van der Waals surface area contributed by atoms with Crippen LogP contribution in [-0.4, -0.2) is 33.3 Å². The molecule has 0 heterocycles. The van der Waals surface area contributed by atoms with Gasteiger partial charge < -0.3 is 4.90 Å². The van der Waals surface area contributed by atoms with Crippen LogP contribution in [0.3, 0.4) is 0 Å². The number of nitriles is 1. The molecule has 31 heavy (non-hydrogen) atoms. The average molecular weight is 434 g/mol. The van der Waals surface area contributed by atoms with Crippen molar-refractivity contribution in [2.24, 2.45) is 0 Å². The zero-order chi connectivity index (χ0) is 22.6. The molecule has 6 nitrogen and oxygen atoms in total. The van der Waals surface area contributed by atoms with Crippen molar-refractivity contribution < 1.29 is 13.2 Å². The maximum absolute atomic E-state index is 12.9. The van der Waals surface area contributed by atoms with Crippen molar-refractivity contribution in [3.05, 3.63) is 95.1 Å². The summed E-state index contributed by atoms with van der Waals surface area (Å²) in [5.41, 5.74) is 3.29. The number of sulfonamides is 1. The lowest BCUT2D eigenvalue weighted by Gasteiger charge is -2.21. The highest BCUT2D eigenvalue weighted by Crippen LogP contribution is 2.23. The van der Waals surface area contributed by atoms with E-state index in [0.29, 0.717) is 23.4 Å². The molecule has 3 rings (SSSR count). The van der Waals surface area contributed by atoms with E-state index in [1.165, 1.54) is 11.4 Å². The van der Waals surface area contributed by atoms with Crippen LogP contribution in [0.25, 0.3) is 0 Å². The van der Waals surface area contributed by atoms with Crippen LogP contribution in [0.1, 0.15) is 27.0 Å². The van der Waals surface area contributed by atoms with Crippen LogP contribution in [-0.2, 0) is 16.6 Å². The molecule has 0 saturated carbocycles. The summed E-state index contributed by atoms with van der Waals surface area (Å²) >= 11 is 0. The summed E-state index contributed by atoms with van der Waals surface area (Å²) < 4.78 is 26.9. The molecule has 0 unspecified atom stereocenters. The van der Waals surface area contributed by atoms with Crippen molar-refractivity contribution >= 4 is 21.6 Å². The van der Waals surface area contributed by atoms with E-state index in [9.17, 15) is 13.2 Å². The Labute approximate surface area is 183 Å². The van der Waals surface area contributed by atoms with E-state index in [-0.39, 0.29) is 10.8 Å². The van der Waals surface area contributed by atoms with Gasteiger partial charge in [-0.2, -0.15) is 5.26 Å². The molecule has 0 fully saturated rings. The van der Waals surface area contributed by atoms with Crippen molar-refractivity contribution in [1.29, 1.82) is 5.26 Å². The van der Waals surface area contributed by atoms with Gasteiger partial charge in [0.05, 0.1) is 22.2 Å². The lowest BCUT2D eigenvalue weighted by atomic mass is 10.1. The molecule has 0 aliphatic carbocycles. The molecule has 7 heteroatoms. The van der Waals surface area contributed by atoms with E-state index >= 15 is 0 Å². The van der Waals surface area contributed by atoms with Gasteiger partial charge in [0.1, 0.15) is 0 Å². The number of amides is 1. The van der Waals surface area contributed by atoms with E-state index in [2.05, 4.69) is 6.07 Å². The fraction of sp³-hybridized carbons (Fsp3) is 0.167. The summed E-state index contributed by atoms with van der Waals surface area (Å²) in [6, 6.07) is 22.3. The standard InChI is InChI=1S/C24H23N3O3S/c1-18-7-13-23(14-8-18)31(29,30)27(3)22-11-9-21(10-12-22)24(28)26(2)17-20-6-4-5-19(15-20)16-25/h4-15H,17H2,1-3H3. The summed E-state index contributed by atoms with van der Waals surface area (Å²) in [4.78, 5) is 14.5. The van der Waals surface area contributed by atoms with E-state index in [4.69, 9.17) is 5.26 Å². The summed E-state index contributed by atoms with van der Waals surface area (Å²) in [6.07, 6.45) is 0. The fourth-order valence-corrected chi connectivity index (χ4v) is 4.32. The summed E-state index contributed by atoms with van der Waals surface area (Å²) in [7, 11) is -0.524. The van der Waals surface area contributed by atoms with Gasteiger partial charge in [-0.15, -0.1) is 0 Å². The largest absolute Gasteiger partial charge is 0.337 e. The van der Waals surface area contributed by atoms with E-state index in [1.807, 2.05) is 13.0 Å². The van der Waals surface area contributed by atoms with Crippen molar-refractivity contribution in [3.63, 3.8) is 0 Å². The maximum Gasteiger partial charge on any atom is 0.264 e. The molecule has 3 aromatic carbocycles. The van der Waals surface area contributed by atoms with Crippen LogP contribution in [0.15, 0.2) is 77.7 Å². The Kier molecular flexibility index (Phi) is 6.42. The molecule has 3 aromatic rings.